The average molecular weight is 440 g/mol. The fourth-order valence-corrected chi connectivity index (χ4v) is 3.53. The first kappa shape index (κ1) is 25.0. The molecule has 0 fully saturated rings. The van der Waals surface area contributed by atoms with E-state index in [1.54, 1.807) is 18.2 Å². The number of carboxylic acids is 1. The fraction of sp³-hybridized carbons (Fsp3) is 0.385. The molecule has 0 aliphatic heterocycles. The number of nitrogens with zero attached hydrogens (tertiary/aromatic N) is 1. The fourth-order valence-electron chi connectivity index (χ4n) is 3.53. The van der Waals surface area contributed by atoms with E-state index in [0.717, 1.165) is 16.7 Å². The number of allylic oxidation sites excluding steroid dienone is 1. The van der Waals surface area contributed by atoms with E-state index in [4.69, 9.17) is 14.6 Å². The van der Waals surface area contributed by atoms with Gasteiger partial charge in [0.25, 0.3) is 0 Å². The second kappa shape index (κ2) is 11.4. The van der Waals surface area contributed by atoms with Crippen molar-refractivity contribution in [3.63, 3.8) is 0 Å². The normalized spacial score (nSPS) is 12.6. The number of rotatable bonds is 10. The van der Waals surface area contributed by atoms with Crippen molar-refractivity contribution in [1.82, 2.24) is 4.90 Å². The minimum absolute atomic E-state index is 0.0708. The van der Waals surface area contributed by atoms with Crippen LogP contribution in [0, 0.1) is 0 Å². The Morgan fingerprint density at radius 2 is 1.59 bits per heavy atom. The van der Waals surface area contributed by atoms with Crippen LogP contribution in [0.3, 0.4) is 0 Å². The highest BCUT2D eigenvalue weighted by Crippen LogP contribution is 2.34. The zero-order valence-electron chi connectivity index (χ0n) is 19.7. The molecule has 0 saturated carbocycles. The lowest BCUT2D eigenvalue weighted by Gasteiger charge is -2.30. The van der Waals surface area contributed by atoms with Crippen molar-refractivity contribution >= 4 is 17.4 Å². The SMILES string of the molecule is CC(=CC(=O)N(C(C)C)C(C)C)c1ccc(OC(C)c2ccccc2)c(OCC(=O)O)c1. The van der Waals surface area contributed by atoms with Crippen LogP contribution in [0.2, 0.25) is 0 Å². The molecule has 0 bridgehead atoms. The van der Waals surface area contributed by atoms with Gasteiger partial charge >= 0.3 is 5.97 Å². The lowest BCUT2D eigenvalue weighted by molar-refractivity contribution is -0.139. The van der Waals surface area contributed by atoms with Crippen LogP contribution in [-0.2, 0) is 9.59 Å². The van der Waals surface area contributed by atoms with E-state index in [1.165, 1.54) is 0 Å². The van der Waals surface area contributed by atoms with Gasteiger partial charge < -0.3 is 19.5 Å². The Kier molecular flexibility index (Phi) is 8.88. The van der Waals surface area contributed by atoms with Gasteiger partial charge in [-0.2, -0.15) is 0 Å². The Balaban J connectivity index is 2.33. The Hall–Kier alpha value is -3.28. The van der Waals surface area contributed by atoms with Gasteiger partial charge in [-0.1, -0.05) is 36.4 Å². The number of benzene rings is 2. The summed E-state index contributed by atoms with van der Waals surface area (Å²) in [5, 5.41) is 9.06. The number of amides is 1. The Bertz CT molecular complexity index is 942. The molecular weight excluding hydrogens is 406 g/mol. The van der Waals surface area contributed by atoms with Crippen LogP contribution < -0.4 is 9.47 Å². The predicted molar refractivity (Wildman–Crippen MR) is 126 cm³/mol. The monoisotopic (exact) mass is 439 g/mol. The Morgan fingerprint density at radius 3 is 2.16 bits per heavy atom. The molecule has 0 aromatic heterocycles. The van der Waals surface area contributed by atoms with Gasteiger partial charge in [0.2, 0.25) is 5.91 Å². The Morgan fingerprint density at radius 1 is 0.969 bits per heavy atom. The first-order chi connectivity index (χ1) is 15.1. The van der Waals surface area contributed by atoms with Crippen molar-refractivity contribution in [3.05, 3.63) is 65.7 Å². The minimum atomic E-state index is -1.08. The summed E-state index contributed by atoms with van der Waals surface area (Å²) in [5.41, 5.74) is 2.50. The molecule has 0 radical (unpaired) electrons. The molecule has 2 rings (SSSR count). The van der Waals surface area contributed by atoms with E-state index in [0.29, 0.717) is 11.5 Å². The molecule has 1 atom stereocenters. The van der Waals surface area contributed by atoms with Crippen molar-refractivity contribution in [2.45, 2.75) is 59.7 Å². The van der Waals surface area contributed by atoms with Crippen molar-refractivity contribution in [2.75, 3.05) is 6.61 Å². The number of carboxylic acid groups (broad SMARTS) is 1. The molecule has 0 heterocycles. The third kappa shape index (κ3) is 6.87. The smallest absolute Gasteiger partial charge is 0.341 e. The van der Waals surface area contributed by atoms with Crippen LogP contribution in [0.4, 0.5) is 0 Å². The van der Waals surface area contributed by atoms with Crippen molar-refractivity contribution in [1.29, 1.82) is 0 Å². The van der Waals surface area contributed by atoms with Gasteiger partial charge in [-0.15, -0.1) is 0 Å². The quantitative estimate of drug-likeness (QED) is 0.506. The number of hydrogen-bond acceptors (Lipinski definition) is 4. The number of ether oxygens (including phenoxy) is 2. The first-order valence-corrected chi connectivity index (χ1v) is 10.8. The lowest BCUT2D eigenvalue weighted by atomic mass is 10.1. The van der Waals surface area contributed by atoms with E-state index in [-0.39, 0.29) is 24.1 Å². The molecule has 0 aliphatic rings. The summed E-state index contributed by atoms with van der Waals surface area (Å²) in [6, 6.07) is 15.2. The summed E-state index contributed by atoms with van der Waals surface area (Å²) in [6.07, 6.45) is 1.35. The molecule has 6 nitrogen and oxygen atoms in total. The minimum Gasteiger partial charge on any atom is -0.482 e. The van der Waals surface area contributed by atoms with Crippen LogP contribution in [0.15, 0.2) is 54.6 Å². The summed E-state index contributed by atoms with van der Waals surface area (Å²) >= 11 is 0. The highest BCUT2D eigenvalue weighted by molar-refractivity contribution is 5.95. The number of aliphatic carboxylic acids is 1. The standard InChI is InChI=1S/C26H33NO5/c1-17(2)27(18(3)4)25(28)14-19(5)22-12-13-23(24(15-22)31-16-26(29)30)32-20(6)21-10-8-7-9-11-21/h7-15,17-18,20H,16H2,1-6H3,(H,29,30). The third-order valence-electron chi connectivity index (χ3n) is 5.03. The number of carbonyl (C=O) groups excluding carboxylic acids is 1. The van der Waals surface area contributed by atoms with Crippen molar-refractivity contribution in [2.24, 2.45) is 0 Å². The van der Waals surface area contributed by atoms with Gasteiger partial charge in [0.05, 0.1) is 0 Å². The number of hydrogen-bond donors (Lipinski definition) is 1. The van der Waals surface area contributed by atoms with Crippen molar-refractivity contribution in [3.8, 4) is 11.5 Å². The van der Waals surface area contributed by atoms with Gasteiger partial charge in [-0.05, 0) is 70.4 Å². The van der Waals surface area contributed by atoms with Gasteiger partial charge in [0.15, 0.2) is 18.1 Å². The van der Waals surface area contributed by atoms with E-state index in [2.05, 4.69) is 0 Å². The second-order valence-electron chi connectivity index (χ2n) is 8.28. The molecule has 0 spiro atoms. The Labute approximate surface area is 190 Å². The molecule has 1 unspecified atom stereocenters. The maximum atomic E-state index is 12.8. The maximum Gasteiger partial charge on any atom is 0.341 e. The van der Waals surface area contributed by atoms with Crippen LogP contribution in [-0.4, -0.2) is 40.6 Å². The van der Waals surface area contributed by atoms with Gasteiger partial charge in [-0.3, -0.25) is 4.79 Å². The molecule has 0 saturated heterocycles. The largest absolute Gasteiger partial charge is 0.482 e. The zero-order valence-corrected chi connectivity index (χ0v) is 19.7. The summed E-state index contributed by atoms with van der Waals surface area (Å²) in [6.45, 7) is 11.2. The molecule has 2 aromatic rings. The zero-order chi connectivity index (χ0) is 23.8. The average Bonchev–Trinajstić information content (AvgIpc) is 2.72. The molecule has 32 heavy (non-hydrogen) atoms. The molecule has 1 N–H and O–H groups in total. The van der Waals surface area contributed by atoms with E-state index in [1.807, 2.05) is 82.8 Å². The summed E-state index contributed by atoms with van der Waals surface area (Å²) in [4.78, 5) is 25.7. The van der Waals surface area contributed by atoms with E-state index < -0.39 is 12.6 Å². The van der Waals surface area contributed by atoms with E-state index in [9.17, 15) is 9.59 Å². The van der Waals surface area contributed by atoms with Crippen LogP contribution in [0.25, 0.3) is 5.57 Å². The molecule has 6 heteroatoms. The maximum absolute atomic E-state index is 12.8. The predicted octanol–water partition coefficient (Wildman–Crippen LogP) is 5.34. The number of carbonyl (C=O) groups is 2. The first-order valence-electron chi connectivity index (χ1n) is 10.8. The molecule has 1 amide bonds. The van der Waals surface area contributed by atoms with Crippen molar-refractivity contribution < 1.29 is 24.2 Å². The van der Waals surface area contributed by atoms with Gasteiger partial charge in [0, 0.05) is 18.2 Å². The van der Waals surface area contributed by atoms with Gasteiger partial charge in [0.1, 0.15) is 6.10 Å². The highest BCUT2D eigenvalue weighted by Gasteiger charge is 2.19. The molecule has 2 aromatic carbocycles. The molecular formula is C26H33NO5. The van der Waals surface area contributed by atoms with Crippen LogP contribution in [0.1, 0.15) is 58.8 Å². The van der Waals surface area contributed by atoms with Crippen LogP contribution in [0.5, 0.6) is 11.5 Å². The summed E-state index contributed by atoms with van der Waals surface area (Å²) in [7, 11) is 0. The van der Waals surface area contributed by atoms with E-state index >= 15 is 0 Å². The second-order valence-corrected chi connectivity index (χ2v) is 8.28. The van der Waals surface area contributed by atoms with Gasteiger partial charge in [-0.25, -0.2) is 4.79 Å². The lowest BCUT2D eigenvalue weighted by Crippen LogP contribution is -2.41. The topological polar surface area (TPSA) is 76.1 Å². The van der Waals surface area contributed by atoms with Crippen LogP contribution >= 0.6 is 0 Å². The summed E-state index contributed by atoms with van der Waals surface area (Å²) in [5.74, 6) is -0.392. The summed E-state index contributed by atoms with van der Waals surface area (Å²) < 4.78 is 11.6. The third-order valence-corrected chi connectivity index (χ3v) is 5.03. The molecule has 0 aliphatic carbocycles. The molecule has 172 valence electrons. The highest BCUT2D eigenvalue weighted by atomic mass is 16.5.